The quantitative estimate of drug-likeness (QED) is 0.366. The third-order valence-electron chi connectivity index (χ3n) is 5.81. The van der Waals surface area contributed by atoms with E-state index in [0.29, 0.717) is 17.1 Å². The van der Waals surface area contributed by atoms with Crippen molar-refractivity contribution in [3.05, 3.63) is 95.4 Å². The van der Waals surface area contributed by atoms with E-state index in [2.05, 4.69) is 15.0 Å². The second-order valence-corrected chi connectivity index (χ2v) is 10.2. The largest absolute Gasteiger partial charge is 0.326 e. The number of sulfonamides is 1. The molecule has 0 radical (unpaired) electrons. The molecule has 1 amide bonds. The van der Waals surface area contributed by atoms with Gasteiger partial charge in [-0.1, -0.05) is 41.9 Å². The van der Waals surface area contributed by atoms with E-state index in [0.717, 1.165) is 28.6 Å². The SMILES string of the molecule is O=C(Nc1ccc2cccc(Cl)c2c1)C1CC1c1ccc(S(=O)(=O)Nc2ccc(F)cn2)cc1. The molecule has 2 unspecified atom stereocenters. The minimum atomic E-state index is -3.87. The molecule has 0 saturated heterocycles. The number of hydrogen-bond donors (Lipinski definition) is 2. The summed E-state index contributed by atoms with van der Waals surface area (Å²) in [4.78, 5) is 16.5. The van der Waals surface area contributed by atoms with E-state index in [1.165, 1.54) is 18.2 Å². The summed E-state index contributed by atoms with van der Waals surface area (Å²) >= 11 is 6.26. The van der Waals surface area contributed by atoms with Gasteiger partial charge in [0.2, 0.25) is 5.91 Å². The Hall–Kier alpha value is -3.49. The molecule has 0 aliphatic heterocycles. The molecule has 34 heavy (non-hydrogen) atoms. The first-order valence-corrected chi connectivity index (χ1v) is 12.4. The van der Waals surface area contributed by atoms with Gasteiger partial charge in [0.15, 0.2) is 0 Å². The number of anilines is 2. The fourth-order valence-corrected chi connectivity index (χ4v) is 5.17. The Morgan fingerprint density at radius 3 is 2.56 bits per heavy atom. The number of fused-ring (bicyclic) bond motifs is 1. The van der Waals surface area contributed by atoms with Crippen LogP contribution in [0.3, 0.4) is 0 Å². The van der Waals surface area contributed by atoms with Crippen molar-refractivity contribution >= 4 is 49.8 Å². The van der Waals surface area contributed by atoms with Crippen molar-refractivity contribution in [3.8, 4) is 0 Å². The Balaban J connectivity index is 1.24. The number of hydrogen-bond acceptors (Lipinski definition) is 4. The van der Waals surface area contributed by atoms with Gasteiger partial charge in [0.25, 0.3) is 10.0 Å². The van der Waals surface area contributed by atoms with Crippen LogP contribution >= 0.6 is 11.6 Å². The van der Waals surface area contributed by atoms with Crippen LogP contribution in [0.2, 0.25) is 5.02 Å². The molecule has 1 aromatic heterocycles. The van der Waals surface area contributed by atoms with Gasteiger partial charge in [-0.3, -0.25) is 9.52 Å². The first-order chi connectivity index (χ1) is 16.3. The number of benzene rings is 3. The standard InChI is InChI=1S/C25H19ClFN3O3S/c26-23-3-1-2-15-4-8-18(12-21(15)23)29-25(31)22-13-20(22)16-5-9-19(10-6-16)34(32,33)30-24-11-7-17(27)14-28-24/h1-12,14,20,22H,13H2,(H,28,30)(H,29,31). The number of aromatic nitrogens is 1. The van der Waals surface area contributed by atoms with E-state index < -0.39 is 15.8 Å². The summed E-state index contributed by atoms with van der Waals surface area (Å²) in [6.45, 7) is 0. The highest BCUT2D eigenvalue weighted by Gasteiger charge is 2.44. The van der Waals surface area contributed by atoms with Gasteiger partial charge in [0, 0.05) is 22.0 Å². The third-order valence-corrected chi connectivity index (χ3v) is 7.51. The van der Waals surface area contributed by atoms with Crippen LogP contribution in [0.25, 0.3) is 10.8 Å². The van der Waals surface area contributed by atoms with Gasteiger partial charge in [-0.15, -0.1) is 0 Å². The Labute approximate surface area is 200 Å². The average Bonchev–Trinajstić information content (AvgIpc) is 3.62. The predicted octanol–water partition coefficient (Wildman–Crippen LogP) is 5.57. The smallest absolute Gasteiger partial charge is 0.263 e. The average molecular weight is 496 g/mol. The highest BCUT2D eigenvalue weighted by molar-refractivity contribution is 7.92. The summed E-state index contributed by atoms with van der Waals surface area (Å²) in [6.07, 6.45) is 1.62. The number of halogens is 2. The maximum absolute atomic E-state index is 13.0. The van der Waals surface area contributed by atoms with Gasteiger partial charge in [0.05, 0.1) is 11.1 Å². The van der Waals surface area contributed by atoms with E-state index in [1.807, 2.05) is 36.4 Å². The fourth-order valence-electron chi connectivity index (χ4n) is 3.93. The van der Waals surface area contributed by atoms with E-state index in [4.69, 9.17) is 11.6 Å². The topological polar surface area (TPSA) is 88.2 Å². The van der Waals surface area contributed by atoms with Crippen LogP contribution < -0.4 is 10.0 Å². The zero-order valence-electron chi connectivity index (χ0n) is 17.7. The van der Waals surface area contributed by atoms with Crippen molar-refractivity contribution in [1.29, 1.82) is 0 Å². The van der Waals surface area contributed by atoms with Crippen LogP contribution in [-0.4, -0.2) is 19.3 Å². The van der Waals surface area contributed by atoms with Crippen LogP contribution in [0.5, 0.6) is 0 Å². The van der Waals surface area contributed by atoms with Crippen molar-refractivity contribution in [3.63, 3.8) is 0 Å². The van der Waals surface area contributed by atoms with E-state index in [9.17, 15) is 17.6 Å². The number of pyridine rings is 1. The van der Waals surface area contributed by atoms with Crippen molar-refractivity contribution in [1.82, 2.24) is 4.98 Å². The van der Waals surface area contributed by atoms with Crippen LogP contribution in [0.1, 0.15) is 17.9 Å². The molecule has 1 heterocycles. The lowest BCUT2D eigenvalue weighted by molar-refractivity contribution is -0.117. The minimum absolute atomic E-state index is 0.0209. The van der Waals surface area contributed by atoms with Crippen molar-refractivity contribution in [2.45, 2.75) is 17.2 Å². The highest BCUT2D eigenvalue weighted by Crippen LogP contribution is 2.48. The van der Waals surface area contributed by atoms with Gasteiger partial charge in [-0.05, 0) is 65.8 Å². The monoisotopic (exact) mass is 495 g/mol. The zero-order chi connectivity index (χ0) is 23.9. The summed E-state index contributed by atoms with van der Waals surface area (Å²) in [5, 5.41) is 5.44. The van der Waals surface area contributed by atoms with Crippen LogP contribution in [-0.2, 0) is 14.8 Å². The molecule has 2 atom stereocenters. The molecule has 1 saturated carbocycles. The molecular weight excluding hydrogens is 477 g/mol. The maximum atomic E-state index is 13.0. The van der Waals surface area contributed by atoms with Crippen molar-refractivity contribution < 1.29 is 17.6 Å². The molecule has 9 heteroatoms. The zero-order valence-corrected chi connectivity index (χ0v) is 19.3. The van der Waals surface area contributed by atoms with E-state index in [-0.39, 0.29) is 28.5 Å². The van der Waals surface area contributed by atoms with Crippen LogP contribution in [0, 0.1) is 11.7 Å². The molecule has 0 spiro atoms. The van der Waals surface area contributed by atoms with Crippen LogP contribution in [0.4, 0.5) is 15.9 Å². The summed E-state index contributed by atoms with van der Waals surface area (Å²) in [7, 11) is -3.87. The Morgan fingerprint density at radius 1 is 1.03 bits per heavy atom. The molecule has 1 fully saturated rings. The predicted molar refractivity (Wildman–Crippen MR) is 130 cm³/mol. The number of carbonyl (C=O) groups excluding carboxylic acids is 1. The number of rotatable bonds is 6. The summed E-state index contributed by atoms with van der Waals surface area (Å²) in [5.41, 5.74) is 1.57. The molecule has 4 aromatic rings. The molecular formula is C25H19ClFN3O3S. The van der Waals surface area contributed by atoms with Gasteiger partial charge >= 0.3 is 0 Å². The number of carbonyl (C=O) groups is 1. The maximum Gasteiger partial charge on any atom is 0.263 e. The van der Waals surface area contributed by atoms with Crippen molar-refractivity contribution in [2.75, 3.05) is 10.0 Å². The summed E-state index contributed by atoms with van der Waals surface area (Å²) in [5.74, 6) is -0.783. The number of nitrogens with zero attached hydrogens (tertiary/aromatic N) is 1. The molecule has 6 nitrogen and oxygen atoms in total. The molecule has 1 aliphatic carbocycles. The lowest BCUT2D eigenvalue weighted by Gasteiger charge is -2.09. The van der Waals surface area contributed by atoms with Gasteiger partial charge in [0.1, 0.15) is 11.6 Å². The number of nitrogens with one attached hydrogen (secondary N) is 2. The lowest BCUT2D eigenvalue weighted by atomic mass is 10.1. The first-order valence-electron chi connectivity index (χ1n) is 10.5. The first kappa shape index (κ1) is 22.3. The number of amides is 1. The molecule has 0 bridgehead atoms. The second-order valence-electron chi connectivity index (χ2n) is 8.15. The second kappa shape index (κ2) is 8.70. The van der Waals surface area contributed by atoms with E-state index in [1.54, 1.807) is 12.1 Å². The minimum Gasteiger partial charge on any atom is -0.326 e. The Morgan fingerprint density at radius 2 is 1.82 bits per heavy atom. The van der Waals surface area contributed by atoms with Gasteiger partial charge in [-0.25, -0.2) is 17.8 Å². The van der Waals surface area contributed by atoms with Gasteiger partial charge in [-0.2, -0.15) is 0 Å². The third kappa shape index (κ3) is 4.60. The van der Waals surface area contributed by atoms with Gasteiger partial charge < -0.3 is 5.32 Å². The summed E-state index contributed by atoms with van der Waals surface area (Å²) in [6, 6.07) is 20.0. The van der Waals surface area contributed by atoms with Crippen LogP contribution in [0.15, 0.2) is 83.9 Å². The highest BCUT2D eigenvalue weighted by atomic mass is 35.5. The molecule has 3 aromatic carbocycles. The Kier molecular flexibility index (Phi) is 5.71. The molecule has 2 N–H and O–H groups in total. The summed E-state index contributed by atoms with van der Waals surface area (Å²) < 4.78 is 40.4. The molecule has 5 rings (SSSR count). The Bertz CT molecular complexity index is 1490. The normalized spacial score (nSPS) is 17.4. The van der Waals surface area contributed by atoms with E-state index >= 15 is 0 Å². The lowest BCUT2D eigenvalue weighted by Crippen LogP contribution is -2.15. The molecule has 172 valence electrons. The fraction of sp³-hybridized carbons (Fsp3) is 0.120. The molecule has 1 aliphatic rings. The van der Waals surface area contributed by atoms with Crippen molar-refractivity contribution in [2.24, 2.45) is 5.92 Å².